The molecule has 0 fully saturated rings. The normalized spacial score (nSPS) is 10.7. The van der Waals surface area contributed by atoms with E-state index in [1.54, 1.807) is 20.1 Å². The standard InChI is InChI=1S/C17H17N5O3S/c1-11-12(6-5-8-14(11)22(23)24)10-26-17-20-19-16(21(17)18)13-7-3-4-9-15(13)25-2/h3-9H,10,18H2,1-2H3. The molecule has 0 atom stereocenters. The first-order valence-corrected chi connectivity index (χ1v) is 8.71. The van der Waals surface area contributed by atoms with Crippen molar-refractivity contribution in [1.82, 2.24) is 14.9 Å². The lowest BCUT2D eigenvalue weighted by molar-refractivity contribution is -0.385. The van der Waals surface area contributed by atoms with E-state index in [0.717, 1.165) is 11.1 Å². The molecule has 26 heavy (non-hydrogen) atoms. The number of methoxy groups -OCH3 is 1. The SMILES string of the molecule is COc1ccccc1-c1nnc(SCc2cccc([N+](=O)[O-])c2C)n1N. The summed E-state index contributed by atoms with van der Waals surface area (Å²) in [6, 6.07) is 12.4. The number of nitrogens with zero attached hydrogens (tertiary/aromatic N) is 4. The largest absolute Gasteiger partial charge is 0.496 e. The maximum atomic E-state index is 11.1. The number of para-hydroxylation sites is 1. The molecule has 2 N–H and O–H groups in total. The summed E-state index contributed by atoms with van der Waals surface area (Å²) in [6.07, 6.45) is 0. The van der Waals surface area contributed by atoms with Gasteiger partial charge >= 0.3 is 0 Å². The van der Waals surface area contributed by atoms with Crippen LogP contribution in [0.4, 0.5) is 5.69 Å². The Hall–Kier alpha value is -3.07. The fourth-order valence-electron chi connectivity index (χ4n) is 2.55. The molecule has 1 aromatic heterocycles. The van der Waals surface area contributed by atoms with Crippen molar-refractivity contribution in [3.05, 3.63) is 63.7 Å². The summed E-state index contributed by atoms with van der Waals surface area (Å²) in [7, 11) is 1.58. The van der Waals surface area contributed by atoms with Crippen LogP contribution in [0.5, 0.6) is 5.75 Å². The van der Waals surface area contributed by atoms with Crippen LogP contribution >= 0.6 is 11.8 Å². The lowest BCUT2D eigenvalue weighted by Crippen LogP contribution is -2.12. The molecular formula is C17H17N5O3S. The molecule has 0 aliphatic carbocycles. The van der Waals surface area contributed by atoms with Crippen molar-refractivity contribution in [3.63, 3.8) is 0 Å². The molecule has 0 aliphatic rings. The zero-order chi connectivity index (χ0) is 18.7. The van der Waals surface area contributed by atoms with E-state index in [1.165, 1.54) is 22.5 Å². The molecule has 0 spiro atoms. The topological polar surface area (TPSA) is 109 Å². The van der Waals surface area contributed by atoms with Gasteiger partial charge in [0.1, 0.15) is 5.75 Å². The van der Waals surface area contributed by atoms with E-state index in [4.69, 9.17) is 10.6 Å². The Labute approximate surface area is 154 Å². The molecule has 0 saturated heterocycles. The molecule has 0 saturated carbocycles. The van der Waals surface area contributed by atoms with Gasteiger partial charge in [-0.2, -0.15) is 0 Å². The van der Waals surface area contributed by atoms with Crippen LogP contribution in [-0.4, -0.2) is 26.9 Å². The lowest BCUT2D eigenvalue weighted by Gasteiger charge is -2.08. The predicted molar refractivity (Wildman–Crippen MR) is 99.6 cm³/mol. The molecule has 134 valence electrons. The number of hydrogen-bond acceptors (Lipinski definition) is 7. The summed E-state index contributed by atoms with van der Waals surface area (Å²) < 4.78 is 6.74. The smallest absolute Gasteiger partial charge is 0.272 e. The molecular weight excluding hydrogens is 354 g/mol. The number of aromatic nitrogens is 3. The number of nitro groups is 1. The summed E-state index contributed by atoms with van der Waals surface area (Å²) in [6.45, 7) is 1.74. The minimum absolute atomic E-state index is 0.104. The van der Waals surface area contributed by atoms with Crippen molar-refractivity contribution in [3.8, 4) is 17.1 Å². The minimum Gasteiger partial charge on any atom is -0.496 e. The van der Waals surface area contributed by atoms with Gasteiger partial charge in [-0.3, -0.25) is 10.1 Å². The fourth-order valence-corrected chi connectivity index (χ4v) is 3.48. The van der Waals surface area contributed by atoms with Gasteiger partial charge in [0.25, 0.3) is 5.69 Å². The zero-order valence-electron chi connectivity index (χ0n) is 14.2. The third-order valence-corrected chi connectivity index (χ3v) is 4.98. The van der Waals surface area contributed by atoms with Crippen LogP contribution in [0.1, 0.15) is 11.1 Å². The van der Waals surface area contributed by atoms with Gasteiger partial charge < -0.3 is 10.6 Å². The van der Waals surface area contributed by atoms with Crippen LogP contribution in [-0.2, 0) is 5.75 Å². The van der Waals surface area contributed by atoms with E-state index in [0.29, 0.717) is 28.0 Å². The highest BCUT2D eigenvalue weighted by atomic mass is 32.2. The highest BCUT2D eigenvalue weighted by Gasteiger charge is 2.17. The van der Waals surface area contributed by atoms with Gasteiger partial charge in [-0.15, -0.1) is 10.2 Å². The van der Waals surface area contributed by atoms with E-state index in [1.807, 2.05) is 30.3 Å². The predicted octanol–water partition coefficient (Wildman–Crippen LogP) is 3.18. The molecule has 0 radical (unpaired) electrons. The van der Waals surface area contributed by atoms with Gasteiger partial charge in [0.05, 0.1) is 17.6 Å². The Morgan fingerprint density at radius 3 is 2.73 bits per heavy atom. The second-order valence-corrected chi connectivity index (χ2v) is 6.43. The maximum Gasteiger partial charge on any atom is 0.272 e. The van der Waals surface area contributed by atoms with Crippen molar-refractivity contribution in [2.75, 3.05) is 13.0 Å². The fraction of sp³-hybridized carbons (Fsp3) is 0.176. The van der Waals surface area contributed by atoms with Crippen molar-refractivity contribution in [2.45, 2.75) is 17.8 Å². The number of ether oxygens (including phenoxy) is 1. The third kappa shape index (κ3) is 3.33. The minimum atomic E-state index is -0.380. The van der Waals surface area contributed by atoms with E-state index in [2.05, 4.69) is 10.2 Å². The monoisotopic (exact) mass is 371 g/mol. The molecule has 2 aromatic carbocycles. The van der Waals surface area contributed by atoms with Gasteiger partial charge in [-0.25, -0.2) is 4.68 Å². The van der Waals surface area contributed by atoms with E-state index >= 15 is 0 Å². The lowest BCUT2D eigenvalue weighted by atomic mass is 10.1. The van der Waals surface area contributed by atoms with Crippen molar-refractivity contribution < 1.29 is 9.66 Å². The van der Waals surface area contributed by atoms with Crippen LogP contribution in [0.15, 0.2) is 47.6 Å². The summed E-state index contributed by atoms with van der Waals surface area (Å²) in [4.78, 5) is 10.7. The zero-order valence-corrected chi connectivity index (χ0v) is 15.1. The first-order valence-electron chi connectivity index (χ1n) is 7.72. The Morgan fingerprint density at radius 2 is 2.00 bits per heavy atom. The van der Waals surface area contributed by atoms with Gasteiger partial charge in [0, 0.05) is 17.4 Å². The highest BCUT2D eigenvalue weighted by Crippen LogP contribution is 2.31. The van der Waals surface area contributed by atoms with Crippen LogP contribution in [0, 0.1) is 17.0 Å². The van der Waals surface area contributed by atoms with E-state index in [-0.39, 0.29) is 10.6 Å². The summed E-state index contributed by atoms with van der Waals surface area (Å²) in [5.74, 6) is 7.78. The quantitative estimate of drug-likeness (QED) is 0.307. The first-order chi connectivity index (χ1) is 12.5. The highest BCUT2D eigenvalue weighted by molar-refractivity contribution is 7.98. The Kier molecular flexibility index (Phi) is 5.08. The van der Waals surface area contributed by atoms with E-state index in [9.17, 15) is 10.1 Å². The number of hydrogen-bond donors (Lipinski definition) is 1. The molecule has 0 bridgehead atoms. The number of rotatable bonds is 6. The number of benzene rings is 2. The number of thioether (sulfide) groups is 1. The molecule has 3 aromatic rings. The Morgan fingerprint density at radius 1 is 1.23 bits per heavy atom. The summed E-state index contributed by atoms with van der Waals surface area (Å²) in [5, 5.41) is 19.9. The van der Waals surface area contributed by atoms with Gasteiger partial charge in [-0.1, -0.05) is 36.0 Å². The third-order valence-electron chi connectivity index (χ3n) is 3.98. The van der Waals surface area contributed by atoms with Crippen LogP contribution in [0.2, 0.25) is 0 Å². The van der Waals surface area contributed by atoms with Crippen LogP contribution in [0.3, 0.4) is 0 Å². The van der Waals surface area contributed by atoms with E-state index < -0.39 is 0 Å². The molecule has 0 amide bonds. The Balaban J connectivity index is 1.84. The van der Waals surface area contributed by atoms with Gasteiger partial charge in [0.2, 0.25) is 5.16 Å². The summed E-state index contributed by atoms with van der Waals surface area (Å²) >= 11 is 1.36. The number of nitro benzene ring substituents is 1. The van der Waals surface area contributed by atoms with Crippen molar-refractivity contribution in [2.24, 2.45) is 0 Å². The molecule has 1 heterocycles. The summed E-state index contributed by atoms with van der Waals surface area (Å²) in [5.41, 5.74) is 2.33. The van der Waals surface area contributed by atoms with Crippen molar-refractivity contribution in [1.29, 1.82) is 0 Å². The molecule has 9 heteroatoms. The molecule has 0 unspecified atom stereocenters. The second kappa shape index (κ2) is 7.44. The van der Waals surface area contributed by atoms with Crippen LogP contribution in [0.25, 0.3) is 11.4 Å². The molecule has 8 nitrogen and oxygen atoms in total. The number of nitrogen functional groups attached to an aromatic ring is 1. The average molecular weight is 371 g/mol. The first kappa shape index (κ1) is 17.7. The van der Waals surface area contributed by atoms with Crippen molar-refractivity contribution >= 4 is 17.4 Å². The van der Waals surface area contributed by atoms with Gasteiger partial charge in [0.15, 0.2) is 5.82 Å². The number of nitrogens with two attached hydrogens (primary N) is 1. The second-order valence-electron chi connectivity index (χ2n) is 5.48. The van der Waals surface area contributed by atoms with Crippen LogP contribution < -0.4 is 10.6 Å². The molecule has 3 rings (SSSR count). The molecule has 0 aliphatic heterocycles. The Bertz CT molecular complexity index is 957. The van der Waals surface area contributed by atoms with Gasteiger partial charge in [-0.05, 0) is 24.6 Å². The maximum absolute atomic E-state index is 11.1. The average Bonchev–Trinajstić information content (AvgIpc) is 3.01.